The predicted molar refractivity (Wildman–Crippen MR) is 55.0 cm³/mol. The minimum absolute atomic E-state index is 0.00338. The standard InChI is InChI=1S/C9H10FN2O3S/c1-12-9(13)5-6-4-7(10)2-3-8(6)16(11,14)15/h2-4H,1,5H2,(H,12,13)(H2,11,14,15). The van der Waals surface area contributed by atoms with Crippen molar-refractivity contribution in [2.45, 2.75) is 11.3 Å². The normalized spacial score (nSPS) is 11.2. The number of hydrogen-bond acceptors (Lipinski definition) is 3. The third-order valence-corrected chi connectivity index (χ3v) is 2.89. The van der Waals surface area contributed by atoms with E-state index in [1.165, 1.54) is 0 Å². The lowest BCUT2D eigenvalue weighted by Crippen LogP contribution is -2.21. The van der Waals surface area contributed by atoms with E-state index in [0.29, 0.717) is 0 Å². The van der Waals surface area contributed by atoms with Crippen molar-refractivity contribution in [3.8, 4) is 0 Å². The van der Waals surface area contributed by atoms with E-state index in [0.717, 1.165) is 18.2 Å². The number of halogens is 1. The highest BCUT2D eigenvalue weighted by atomic mass is 32.2. The van der Waals surface area contributed by atoms with Gasteiger partial charge in [-0.1, -0.05) is 0 Å². The van der Waals surface area contributed by atoms with Gasteiger partial charge in [-0.15, -0.1) is 0 Å². The third kappa shape index (κ3) is 3.01. The maximum atomic E-state index is 12.9. The molecule has 0 spiro atoms. The predicted octanol–water partition coefficient (Wildman–Crippen LogP) is -0.0766. The molecule has 1 radical (unpaired) electrons. The number of primary sulfonamides is 1. The maximum absolute atomic E-state index is 12.9. The minimum Gasteiger partial charge on any atom is -0.354 e. The largest absolute Gasteiger partial charge is 0.354 e. The molecule has 0 atom stereocenters. The SMILES string of the molecule is [CH2]NC(=O)Cc1cc(F)ccc1S(N)(=O)=O. The van der Waals surface area contributed by atoms with E-state index < -0.39 is 21.7 Å². The molecule has 1 rings (SSSR count). The van der Waals surface area contributed by atoms with Crippen molar-refractivity contribution in [2.75, 3.05) is 0 Å². The molecule has 0 aliphatic rings. The second-order valence-corrected chi connectivity index (χ2v) is 4.60. The van der Waals surface area contributed by atoms with Crippen LogP contribution in [0.4, 0.5) is 4.39 Å². The monoisotopic (exact) mass is 245 g/mol. The Balaban J connectivity index is 3.24. The molecule has 0 bridgehead atoms. The summed E-state index contributed by atoms with van der Waals surface area (Å²) in [6, 6.07) is 2.94. The average Bonchev–Trinajstić information content (AvgIpc) is 2.15. The molecule has 1 amide bonds. The molecule has 1 aromatic carbocycles. The molecule has 0 heterocycles. The highest BCUT2D eigenvalue weighted by molar-refractivity contribution is 7.89. The van der Waals surface area contributed by atoms with Gasteiger partial charge in [-0.2, -0.15) is 0 Å². The molecule has 7 heteroatoms. The lowest BCUT2D eigenvalue weighted by Gasteiger charge is -2.06. The fraction of sp³-hybridized carbons (Fsp3) is 0.111. The first kappa shape index (κ1) is 12.6. The lowest BCUT2D eigenvalue weighted by atomic mass is 10.1. The smallest absolute Gasteiger partial charge is 0.238 e. The highest BCUT2D eigenvalue weighted by Gasteiger charge is 2.16. The first-order valence-electron chi connectivity index (χ1n) is 4.21. The molecule has 1 aromatic rings. The van der Waals surface area contributed by atoms with E-state index in [2.05, 4.69) is 12.4 Å². The molecule has 0 aliphatic heterocycles. The molecule has 5 nitrogen and oxygen atoms in total. The second kappa shape index (κ2) is 4.58. The lowest BCUT2D eigenvalue weighted by molar-refractivity contribution is -0.119. The van der Waals surface area contributed by atoms with E-state index in [1.54, 1.807) is 0 Å². The average molecular weight is 245 g/mol. The molecule has 0 unspecified atom stereocenters. The van der Waals surface area contributed by atoms with E-state index >= 15 is 0 Å². The van der Waals surface area contributed by atoms with Crippen LogP contribution in [-0.2, 0) is 21.2 Å². The summed E-state index contributed by atoms with van der Waals surface area (Å²) in [5.41, 5.74) is 0.00338. The van der Waals surface area contributed by atoms with Gasteiger partial charge < -0.3 is 5.32 Å². The molecule has 3 N–H and O–H groups in total. The van der Waals surface area contributed by atoms with Gasteiger partial charge in [-0.25, -0.2) is 17.9 Å². The van der Waals surface area contributed by atoms with Crippen molar-refractivity contribution >= 4 is 15.9 Å². The Morgan fingerprint density at radius 3 is 2.62 bits per heavy atom. The Bertz CT molecular complexity index is 513. The summed E-state index contributed by atoms with van der Waals surface area (Å²) < 4.78 is 35.2. The summed E-state index contributed by atoms with van der Waals surface area (Å²) in [7, 11) is -0.849. The van der Waals surface area contributed by atoms with E-state index in [9.17, 15) is 17.6 Å². The summed E-state index contributed by atoms with van der Waals surface area (Å²) in [5.74, 6) is -1.17. The van der Waals surface area contributed by atoms with Gasteiger partial charge in [0.2, 0.25) is 15.9 Å². The fourth-order valence-electron chi connectivity index (χ4n) is 1.20. The van der Waals surface area contributed by atoms with Crippen LogP contribution < -0.4 is 10.5 Å². The van der Waals surface area contributed by atoms with Crippen LogP contribution in [0.15, 0.2) is 23.1 Å². The first-order chi connectivity index (χ1) is 7.34. The number of benzene rings is 1. The van der Waals surface area contributed by atoms with Gasteiger partial charge >= 0.3 is 0 Å². The van der Waals surface area contributed by atoms with Crippen molar-refractivity contribution in [1.29, 1.82) is 0 Å². The molecule has 0 fully saturated rings. The first-order valence-corrected chi connectivity index (χ1v) is 5.76. The Hall–Kier alpha value is -1.47. The molecule has 87 valence electrons. The van der Waals surface area contributed by atoms with Crippen molar-refractivity contribution in [1.82, 2.24) is 5.32 Å². The minimum atomic E-state index is -3.97. The van der Waals surface area contributed by atoms with Crippen LogP contribution in [0.25, 0.3) is 0 Å². The van der Waals surface area contributed by atoms with Gasteiger partial charge in [-0.05, 0) is 23.8 Å². The number of carbonyl (C=O) groups excluding carboxylic acids is 1. The zero-order valence-corrected chi connectivity index (χ0v) is 9.05. The summed E-state index contributed by atoms with van der Waals surface area (Å²) in [5, 5.41) is 6.99. The number of nitrogens with two attached hydrogens (primary N) is 1. The molecule has 0 saturated carbocycles. The number of hydrogen-bond donors (Lipinski definition) is 2. The fourth-order valence-corrected chi connectivity index (χ4v) is 1.95. The number of carbonyl (C=O) groups is 1. The zero-order valence-electron chi connectivity index (χ0n) is 8.23. The van der Waals surface area contributed by atoms with Crippen molar-refractivity contribution < 1.29 is 17.6 Å². The summed E-state index contributed by atoms with van der Waals surface area (Å²) in [6.07, 6.45) is -0.299. The summed E-state index contributed by atoms with van der Waals surface area (Å²) in [4.78, 5) is 10.8. The number of rotatable bonds is 3. The van der Waals surface area contributed by atoms with Gasteiger partial charge in [0.05, 0.1) is 11.3 Å². The zero-order chi connectivity index (χ0) is 12.3. The van der Waals surface area contributed by atoms with Gasteiger partial charge in [0.25, 0.3) is 0 Å². The summed E-state index contributed by atoms with van der Waals surface area (Å²) in [6.45, 7) is 0. The van der Waals surface area contributed by atoms with Crippen LogP contribution in [0, 0.1) is 12.9 Å². The Morgan fingerprint density at radius 1 is 1.50 bits per heavy atom. The van der Waals surface area contributed by atoms with Crippen LogP contribution in [-0.4, -0.2) is 14.3 Å². The van der Waals surface area contributed by atoms with E-state index in [1.807, 2.05) is 0 Å². The molecular formula is C9H10FN2O3S. The van der Waals surface area contributed by atoms with Crippen LogP contribution >= 0.6 is 0 Å². The van der Waals surface area contributed by atoms with Crippen LogP contribution in [0.2, 0.25) is 0 Å². The molecule has 0 saturated heterocycles. The Morgan fingerprint density at radius 2 is 2.12 bits per heavy atom. The quantitative estimate of drug-likeness (QED) is 0.780. The second-order valence-electron chi connectivity index (χ2n) is 3.07. The molecule has 16 heavy (non-hydrogen) atoms. The molecule has 0 aliphatic carbocycles. The Labute approximate surface area is 92.5 Å². The molecular weight excluding hydrogens is 235 g/mol. The number of nitrogens with one attached hydrogen (secondary N) is 1. The van der Waals surface area contributed by atoms with Gasteiger partial charge in [0.15, 0.2) is 0 Å². The van der Waals surface area contributed by atoms with Crippen LogP contribution in [0.3, 0.4) is 0 Å². The van der Waals surface area contributed by atoms with Crippen LogP contribution in [0.5, 0.6) is 0 Å². The van der Waals surface area contributed by atoms with Crippen molar-refractivity contribution in [3.63, 3.8) is 0 Å². The number of amides is 1. The van der Waals surface area contributed by atoms with Gasteiger partial charge in [-0.3, -0.25) is 4.79 Å². The van der Waals surface area contributed by atoms with Crippen LogP contribution in [0.1, 0.15) is 5.56 Å². The van der Waals surface area contributed by atoms with Gasteiger partial charge in [0, 0.05) is 7.05 Å². The highest BCUT2D eigenvalue weighted by Crippen LogP contribution is 2.16. The topological polar surface area (TPSA) is 89.3 Å². The molecule has 0 aromatic heterocycles. The van der Waals surface area contributed by atoms with Crippen molar-refractivity contribution in [3.05, 3.63) is 36.6 Å². The van der Waals surface area contributed by atoms with Crippen molar-refractivity contribution in [2.24, 2.45) is 5.14 Å². The van der Waals surface area contributed by atoms with E-state index in [-0.39, 0.29) is 16.9 Å². The Kier molecular flexibility index (Phi) is 3.61. The third-order valence-electron chi connectivity index (χ3n) is 1.88. The van der Waals surface area contributed by atoms with Gasteiger partial charge in [0.1, 0.15) is 5.82 Å². The van der Waals surface area contributed by atoms with E-state index in [4.69, 9.17) is 5.14 Å². The number of sulfonamides is 1. The summed E-state index contributed by atoms with van der Waals surface area (Å²) >= 11 is 0. The maximum Gasteiger partial charge on any atom is 0.238 e.